The number of hydrogen-bond donors (Lipinski definition) is 2. The zero-order valence-electron chi connectivity index (χ0n) is 12.4. The Morgan fingerprint density at radius 1 is 1.05 bits per heavy atom. The molecule has 1 aromatic carbocycles. The van der Waals surface area contributed by atoms with Gasteiger partial charge in [-0.15, -0.1) is 0 Å². The minimum Gasteiger partial charge on any atom is -0.381 e. The quantitative estimate of drug-likeness (QED) is 0.777. The van der Waals surface area contributed by atoms with Crippen LogP contribution >= 0.6 is 0 Å². The van der Waals surface area contributed by atoms with Crippen LogP contribution in [0.15, 0.2) is 34.1 Å². The Bertz CT molecular complexity index is 731. The van der Waals surface area contributed by atoms with E-state index in [-0.39, 0.29) is 21.9 Å². The van der Waals surface area contributed by atoms with Gasteiger partial charge >= 0.3 is 0 Å². The summed E-state index contributed by atoms with van der Waals surface area (Å²) >= 11 is 0. The summed E-state index contributed by atoms with van der Waals surface area (Å²) in [6.45, 7) is 0. The molecule has 0 heterocycles. The number of sulfonamides is 2. The second-order valence-corrected chi connectivity index (χ2v) is 8.68. The average molecular weight is 348 g/mol. The first-order valence-corrected chi connectivity index (χ1v) is 9.84. The Hall–Kier alpha value is -1.00. The molecule has 2 unspecified atom stereocenters. The van der Waals surface area contributed by atoms with Gasteiger partial charge in [0.15, 0.2) is 0 Å². The van der Waals surface area contributed by atoms with E-state index >= 15 is 0 Å². The second kappa shape index (κ2) is 6.63. The van der Waals surface area contributed by atoms with Crippen molar-refractivity contribution in [3.63, 3.8) is 0 Å². The first-order valence-electron chi connectivity index (χ1n) is 6.88. The van der Waals surface area contributed by atoms with Crippen molar-refractivity contribution in [2.75, 3.05) is 14.2 Å². The maximum atomic E-state index is 12.5. The summed E-state index contributed by atoms with van der Waals surface area (Å²) < 4.78 is 58.9. The van der Waals surface area contributed by atoms with E-state index in [4.69, 9.17) is 4.74 Å². The third-order valence-electron chi connectivity index (χ3n) is 3.74. The van der Waals surface area contributed by atoms with Crippen LogP contribution < -0.4 is 9.44 Å². The van der Waals surface area contributed by atoms with Crippen LogP contribution in [-0.4, -0.2) is 43.1 Å². The first-order chi connectivity index (χ1) is 10.3. The Labute approximate surface area is 131 Å². The Morgan fingerprint density at radius 2 is 1.64 bits per heavy atom. The molecular weight excluding hydrogens is 328 g/mol. The third-order valence-corrected chi connectivity index (χ3v) is 6.92. The smallest absolute Gasteiger partial charge is 0.242 e. The maximum absolute atomic E-state index is 12.5. The predicted octanol–water partition coefficient (Wildman–Crippen LogP) is 0.440. The Balaban J connectivity index is 2.31. The van der Waals surface area contributed by atoms with Crippen molar-refractivity contribution >= 4 is 20.0 Å². The molecule has 2 N–H and O–H groups in total. The molecule has 1 aliphatic carbocycles. The molecule has 0 aliphatic heterocycles. The zero-order chi connectivity index (χ0) is 16.4. The van der Waals surface area contributed by atoms with Crippen molar-refractivity contribution in [3.05, 3.63) is 24.3 Å². The molecule has 7 nitrogen and oxygen atoms in total. The molecule has 1 fully saturated rings. The van der Waals surface area contributed by atoms with Crippen LogP contribution in [0.5, 0.6) is 0 Å². The summed E-state index contributed by atoms with van der Waals surface area (Å²) in [5.74, 6) is 0. The van der Waals surface area contributed by atoms with Gasteiger partial charge in [0, 0.05) is 13.2 Å². The summed E-state index contributed by atoms with van der Waals surface area (Å²) in [4.78, 5) is -0.503. The lowest BCUT2D eigenvalue weighted by Crippen LogP contribution is -2.34. The van der Waals surface area contributed by atoms with Crippen molar-refractivity contribution in [1.29, 1.82) is 0 Å². The van der Waals surface area contributed by atoms with E-state index in [1.165, 1.54) is 31.3 Å². The molecule has 1 saturated carbocycles. The van der Waals surface area contributed by atoms with Crippen molar-refractivity contribution in [1.82, 2.24) is 9.44 Å². The monoisotopic (exact) mass is 348 g/mol. The zero-order valence-corrected chi connectivity index (χ0v) is 14.1. The van der Waals surface area contributed by atoms with Gasteiger partial charge in [0.25, 0.3) is 0 Å². The lowest BCUT2D eigenvalue weighted by molar-refractivity contribution is 0.107. The maximum Gasteiger partial charge on any atom is 0.242 e. The minimum absolute atomic E-state index is 0.0315. The van der Waals surface area contributed by atoms with Crippen LogP contribution in [0.3, 0.4) is 0 Å². The highest BCUT2D eigenvalue weighted by Crippen LogP contribution is 2.25. The molecule has 2 atom stereocenters. The fourth-order valence-corrected chi connectivity index (χ4v) is 5.39. The van der Waals surface area contributed by atoms with Crippen LogP contribution in [0.2, 0.25) is 0 Å². The lowest BCUT2D eigenvalue weighted by atomic mass is 10.3. The van der Waals surface area contributed by atoms with Gasteiger partial charge in [0.1, 0.15) is 9.79 Å². The van der Waals surface area contributed by atoms with Gasteiger partial charge < -0.3 is 4.74 Å². The molecule has 0 radical (unpaired) electrons. The Kier molecular flexibility index (Phi) is 5.23. The summed E-state index contributed by atoms with van der Waals surface area (Å²) in [6, 6.07) is 5.29. The van der Waals surface area contributed by atoms with Gasteiger partial charge in [0.2, 0.25) is 20.0 Å². The topological polar surface area (TPSA) is 102 Å². The van der Waals surface area contributed by atoms with E-state index in [0.717, 1.165) is 6.42 Å². The predicted molar refractivity (Wildman–Crippen MR) is 81.4 cm³/mol. The van der Waals surface area contributed by atoms with Crippen LogP contribution in [-0.2, 0) is 24.8 Å². The van der Waals surface area contributed by atoms with Crippen LogP contribution in [0, 0.1) is 0 Å². The molecule has 124 valence electrons. The molecule has 22 heavy (non-hydrogen) atoms. The van der Waals surface area contributed by atoms with Gasteiger partial charge in [-0.25, -0.2) is 26.3 Å². The second-order valence-electron chi connectivity index (χ2n) is 5.14. The number of methoxy groups -OCH3 is 1. The summed E-state index contributed by atoms with van der Waals surface area (Å²) in [5, 5.41) is 0. The summed E-state index contributed by atoms with van der Waals surface area (Å²) in [5.41, 5.74) is 0. The SMILES string of the molecule is CNS(=O)(=O)c1ccccc1S(=O)(=O)NC1CCC(OC)C1. The van der Waals surface area contributed by atoms with E-state index in [1.807, 2.05) is 0 Å². The van der Waals surface area contributed by atoms with Crippen LogP contribution in [0.25, 0.3) is 0 Å². The fourth-order valence-electron chi connectivity index (χ4n) is 2.55. The van der Waals surface area contributed by atoms with Crippen molar-refractivity contribution in [2.45, 2.75) is 41.2 Å². The van der Waals surface area contributed by atoms with E-state index in [0.29, 0.717) is 12.8 Å². The molecule has 2 rings (SSSR count). The van der Waals surface area contributed by atoms with Crippen molar-refractivity contribution < 1.29 is 21.6 Å². The first kappa shape index (κ1) is 17.4. The lowest BCUT2D eigenvalue weighted by Gasteiger charge is -2.15. The van der Waals surface area contributed by atoms with E-state index in [1.54, 1.807) is 7.11 Å². The van der Waals surface area contributed by atoms with Crippen LogP contribution in [0.1, 0.15) is 19.3 Å². The fraction of sp³-hybridized carbons (Fsp3) is 0.538. The Morgan fingerprint density at radius 3 is 2.14 bits per heavy atom. The molecule has 1 aromatic rings. The third kappa shape index (κ3) is 3.66. The molecule has 0 bridgehead atoms. The standard InChI is InChI=1S/C13H20N2O5S2/c1-14-21(16,17)12-5-3-4-6-13(12)22(18,19)15-10-7-8-11(9-10)20-2/h3-6,10-11,14-15H,7-9H2,1-2H3. The van der Waals surface area contributed by atoms with Gasteiger partial charge in [-0.3, -0.25) is 0 Å². The highest BCUT2D eigenvalue weighted by molar-refractivity contribution is 7.92. The highest BCUT2D eigenvalue weighted by Gasteiger charge is 2.31. The number of benzene rings is 1. The van der Waals surface area contributed by atoms with Gasteiger partial charge in [-0.2, -0.15) is 0 Å². The molecule has 0 amide bonds. The van der Waals surface area contributed by atoms with Crippen molar-refractivity contribution in [3.8, 4) is 0 Å². The number of ether oxygens (including phenoxy) is 1. The normalized spacial score (nSPS) is 22.8. The van der Waals surface area contributed by atoms with Gasteiger partial charge in [0.05, 0.1) is 6.10 Å². The molecule has 0 spiro atoms. The van der Waals surface area contributed by atoms with Gasteiger partial charge in [-0.05, 0) is 38.4 Å². The molecule has 1 aliphatic rings. The molecule has 0 saturated heterocycles. The van der Waals surface area contributed by atoms with E-state index in [2.05, 4.69) is 9.44 Å². The van der Waals surface area contributed by atoms with Crippen LogP contribution in [0.4, 0.5) is 0 Å². The van der Waals surface area contributed by atoms with Crippen molar-refractivity contribution in [2.24, 2.45) is 0 Å². The average Bonchev–Trinajstić information content (AvgIpc) is 2.94. The molecular formula is C13H20N2O5S2. The summed E-state index contributed by atoms with van der Waals surface area (Å²) in [7, 11) is -4.94. The summed E-state index contributed by atoms with van der Waals surface area (Å²) in [6.07, 6.45) is 2.05. The number of nitrogens with one attached hydrogen (secondary N) is 2. The van der Waals surface area contributed by atoms with E-state index in [9.17, 15) is 16.8 Å². The van der Waals surface area contributed by atoms with E-state index < -0.39 is 20.0 Å². The largest absolute Gasteiger partial charge is 0.381 e. The number of rotatable bonds is 6. The molecule has 0 aromatic heterocycles. The number of hydrogen-bond acceptors (Lipinski definition) is 5. The highest BCUT2D eigenvalue weighted by atomic mass is 32.2. The minimum atomic E-state index is -3.92. The molecule has 9 heteroatoms. The van der Waals surface area contributed by atoms with Gasteiger partial charge in [-0.1, -0.05) is 12.1 Å².